The molecule has 0 spiro atoms. The lowest BCUT2D eigenvalue weighted by Gasteiger charge is -2.25. The van der Waals surface area contributed by atoms with Gasteiger partial charge in [0.05, 0.1) is 30.8 Å². The quantitative estimate of drug-likeness (QED) is 0.868. The molecule has 0 aliphatic carbocycles. The Hall–Kier alpha value is -1.37. The second-order valence-electron chi connectivity index (χ2n) is 5.04. The molecule has 0 radical (unpaired) electrons. The highest BCUT2D eigenvalue weighted by atomic mass is 35.5. The highest BCUT2D eigenvalue weighted by Crippen LogP contribution is 2.28. The van der Waals surface area contributed by atoms with Crippen molar-refractivity contribution in [2.24, 2.45) is 0 Å². The fourth-order valence-corrected chi connectivity index (χ4v) is 2.68. The Labute approximate surface area is 127 Å². The van der Waals surface area contributed by atoms with Crippen molar-refractivity contribution in [3.8, 4) is 0 Å². The third-order valence-electron chi connectivity index (χ3n) is 3.62. The summed E-state index contributed by atoms with van der Waals surface area (Å²) in [7, 11) is 0. The van der Waals surface area contributed by atoms with E-state index in [1.54, 1.807) is 12.1 Å². The lowest BCUT2D eigenvalue weighted by atomic mass is 10.1. The summed E-state index contributed by atoms with van der Waals surface area (Å²) in [5.74, 6) is -0.159. The molecule has 5 nitrogen and oxygen atoms in total. The molecule has 1 aromatic rings. The summed E-state index contributed by atoms with van der Waals surface area (Å²) in [4.78, 5) is 13.1. The smallest absolute Gasteiger partial charge is 0.414 e. The maximum Gasteiger partial charge on any atom is 0.414 e. The van der Waals surface area contributed by atoms with Gasteiger partial charge in [0.25, 0.3) is 0 Å². The second-order valence-corrected chi connectivity index (χ2v) is 5.35. The molecule has 21 heavy (non-hydrogen) atoms. The van der Waals surface area contributed by atoms with E-state index in [1.165, 1.54) is 11.0 Å². The van der Waals surface area contributed by atoms with Gasteiger partial charge in [0.2, 0.25) is 0 Å². The van der Waals surface area contributed by atoms with Gasteiger partial charge in [-0.05, 0) is 12.1 Å². The first-order valence-corrected chi connectivity index (χ1v) is 7.38. The summed E-state index contributed by atoms with van der Waals surface area (Å²) in [6, 6.07) is 4.70. The average Bonchev–Trinajstić information content (AvgIpc) is 2.89. The van der Waals surface area contributed by atoms with Gasteiger partial charge in [-0.15, -0.1) is 11.6 Å². The molecule has 1 N–H and O–H groups in total. The minimum Gasteiger partial charge on any atom is -0.443 e. The van der Waals surface area contributed by atoms with Gasteiger partial charge >= 0.3 is 6.09 Å². The molecule has 0 bridgehead atoms. The van der Waals surface area contributed by atoms with E-state index in [-0.39, 0.29) is 23.9 Å². The Balaban J connectivity index is 1.79. The second kappa shape index (κ2) is 6.17. The summed E-state index contributed by atoms with van der Waals surface area (Å²) >= 11 is 5.68. The highest BCUT2D eigenvalue weighted by Gasteiger charge is 2.32. The van der Waals surface area contributed by atoms with Gasteiger partial charge in [0, 0.05) is 18.7 Å². The van der Waals surface area contributed by atoms with Crippen LogP contribution in [0.4, 0.5) is 14.9 Å². The van der Waals surface area contributed by atoms with Gasteiger partial charge in [-0.2, -0.15) is 0 Å². The van der Waals surface area contributed by atoms with Crippen LogP contribution in [0.15, 0.2) is 18.2 Å². The van der Waals surface area contributed by atoms with Crippen LogP contribution >= 0.6 is 11.6 Å². The van der Waals surface area contributed by atoms with E-state index < -0.39 is 6.09 Å². The number of nitrogens with one attached hydrogen (secondary N) is 1. The summed E-state index contributed by atoms with van der Waals surface area (Å²) in [5, 5.41) is 3.16. The van der Waals surface area contributed by atoms with E-state index >= 15 is 0 Å². The van der Waals surface area contributed by atoms with Gasteiger partial charge in [0.15, 0.2) is 0 Å². The molecule has 7 heteroatoms. The zero-order valence-electron chi connectivity index (χ0n) is 11.4. The molecular formula is C14H16ClFN2O3. The minimum absolute atomic E-state index is 0.227. The van der Waals surface area contributed by atoms with Crippen LogP contribution < -0.4 is 10.2 Å². The fourth-order valence-electron chi connectivity index (χ4n) is 2.52. The number of alkyl halides is 1. The normalized spacial score (nSPS) is 26.0. The molecule has 114 valence electrons. The predicted molar refractivity (Wildman–Crippen MR) is 76.3 cm³/mol. The largest absolute Gasteiger partial charge is 0.443 e. The number of hydrogen-bond donors (Lipinski definition) is 1. The number of nitrogens with zero attached hydrogens (tertiary/aromatic N) is 1. The molecular weight excluding hydrogens is 299 g/mol. The van der Waals surface area contributed by atoms with Crippen molar-refractivity contribution in [3.05, 3.63) is 29.6 Å². The molecule has 2 aliphatic rings. The van der Waals surface area contributed by atoms with Crippen molar-refractivity contribution in [3.63, 3.8) is 0 Å². The van der Waals surface area contributed by atoms with E-state index in [2.05, 4.69) is 5.32 Å². The molecule has 0 saturated carbocycles. The molecule has 3 rings (SSSR count). The number of cyclic esters (lactones) is 1. The van der Waals surface area contributed by atoms with Crippen LogP contribution in [0.3, 0.4) is 0 Å². The minimum atomic E-state index is -0.497. The topological polar surface area (TPSA) is 50.8 Å². The van der Waals surface area contributed by atoms with Crippen molar-refractivity contribution in [1.29, 1.82) is 0 Å². The first kappa shape index (κ1) is 14.6. The van der Waals surface area contributed by atoms with Gasteiger partial charge in [-0.25, -0.2) is 9.18 Å². The number of hydrogen-bond acceptors (Lipinski definition) is 4. The molecule has 1 unspecified atom stereocenters. The number of morpholine rings is 1. The van der Waals surface area contributed by atoms with E-state index in [9.17, 15) is 9.18 Å². The number of carbonyl (C=O) groups excluding carboxylic acids is 1. The molecule has 2 saturated heterocycles. The Bertz CT molecular complexity index is 537. The first-order chi connectivity index (χ1) is 10.2. The van der Waals surface area contributed by atoms with Crippen molar-refractivity contribution < 1.29 is 18.7 Å². The van der Waals surface area contributed by atoms with Crippen molar-refractivity contribution in [2.45, 2.75) is 12.2 Å². The van der Waals surface area contributed by atoms with Gasteiger partial charge in [0.1, 0.15) is 11.9 Å². The van der Waals surface area contributed by atoms with Crippen LogP contribution in [-0.2, 0) is 9.47 Å². The summed E-state index contributed by atoms with van der Waals surface area (Å²) in [5.41, 5.74) is 0.963. The molecule has 1 aromatic carbocycles. The number of anilines is 1. The van der Waals surface area contributed by atoms with Crippen LogP contribution in [0.25, 0.3) is 0 Å². The number of rotatable bonds is 3. The molecule has 2 atom stereocenters. The van der Waals surface area contributed by atoms with Gasteiger partial charge in [-0.1, -0.05) is 6.07 Å². The van der Waals surface area contributed by atoms with Crippen LogP contribution in [0.5, 0.6) is 0 Å². The molecule has 0 aromatic heterocycles. The summed E-state index contributed by atoms with van der Waals surface area (Å²) in [6.07, 6.45) is -1.15. The monoisotopic (exact) mass is 314 g/mol. The first-order valence-electron chi connectivity index (χ1n) is 6.85. The zero-order valence-corrected chi connectivity index (χ0v) is 12.1. The Morgan fingerprint density at radius 3 is 2.95 bits per heavy atom. The Morgan fingerprint density at radius 1 is 1.48 bits per heavy atom. The average molecular weight is 315 g/mol. The highest BCUT2D eigenvalue weighted by molar-refractivity contribution is 6.18. The lowest BCUT2D eigenvalue weighted by Crippen LogP contribution is -2.33. The number of carbonyl (C=O) groups is 1. The van der Waals surface area contributed by atoms with Gasteiger partial charge < -0.3 is 14.8 Å². The Morgan fingerprint density at radius 2 is 2.33 bits per heavy atom. The van der Waals surface area contributed by atoms with Crippen molar-refractivity contribution in [2.75, 3.05) is 37.0 Å². The zero-order chi connectivity index (χ0) is 14.8. The maximum absolute atomic E-state index is 14.3. The summed E-state index contributed by atoms with van der Waals surface area (Å²) in [6.45, 7) is 2.25. The van der Waals surface area contributed by atoms with Crippen LogP contribution in [0.2, 0.25) is 0 Å². The van der Waals surface area contributed by atoms with Crippen molar-refractivity contribution in [1.82, 2.24) is 5.32 Å². The predicted octanol–water partition coefficient (Wildman–Crippen LogP) is 2.05. The SMILES string of the molecule is O=C1O[C@H](CCl)CN1c1ccc(C2CNCCO2)c(F)c1. The van der Waals surface area contributed by atoms with Crippen molar-refractivity contribution >= 4 is 23.4 Å². The van der Waals surface area contributed by atoms with E-state index in [1.807, 2.05) is 0 Å². The molecule has 2 aliphatic heterocycles. The van der Waals surface area contributed by atoms with E-state index in [0.717, 1.165) is 6.54 Å². The lowest BCUT2D eigenvalue weighted by molar-refractivity contribution is 0.0255. The Kier molecular flexibility index (Phi) is 4.28. The third kappa shape index (κ3) is 2.97. The summed E-state index contributed by atoms with van der Waals surface area (Å²) < 4.78 is 24.9. The standard InChI is InChI=1S/C14H16ClFN2O3/c15-6-10-8-18(14(19)21-10)9-1-2-11(12(16)5-9)13-7-17-3-4-20-13/h1-2,5,10,13,17H,3-4,6-8H2/t10-,13?/m1/s1. The number of halogens is 2. The van der Waals surface area contributed by atoms with Crippen LogP contribution in [0.1, 0.15) is 11.7 Å². The number of ether oxygens (including phenoxy) is 2. The number of amides is 1. The van der Waals surface area contributed by atoms with E-state index in [4.69, 9.17) is 21.1 Å². The van der Waals surface area contributed by atoms with Crippen LogP contribution in [0, 0.1) is 5.82 Å². The number of benzene rings is 1. The molecule has 2 fully saturated rings. The van der Waals surface area contributed by atoms with Gasteiger partial charge in [-0.3, -0.25) is 4.90 Å². The fraction of sp³-hybridized carbons (Fsp3) is 0.500. The third-order valence-corrected chi connectivity index (χ3v) is 3.96. The van der Waals surface area contributed by atoms with E-state index in [0.29, 0.717) is 30.9 Å². The maximum atomic E-state index is 14.3. The molecule has 2 heterocycles. The van der Waals surface area contributed by atoms with Crippen LogP contribution in [-0.4, -0.2) is 44.3 Å². The molecule has 1 amide bonds.